The first-order valence-electron chi connectivity index (χ1n) is 8.56. The summed E-state index contributed by atoms with van der Waals surface area (Å²) >= 11 is 0. The Hall–Kier alpha value is -0.730. The number of aliphatic hydroxyl groups is 5. The van der Waals surface area contributed by atoms with Crippen molar-refractivity contribution in [3.05, 3.63) is 0 Å². The van der Waals surface area contributed by atoms with E-state index in [1.54, 1.807) is 0 Å². The standard InChI is InChI=1S/C16H33NO6/c1-2-3-4-5-6-7-8-9-10-17-16(23)15(22)14(21)13(20)12(19)11-18/h12-15,18-22H,2-11H2,1H3,(H,17,23). The van der Waals surface area contributed by atoms with Crippen LogP contribution in [0.2, 0.25) is 0 Å². The second kappa shape index (κ2) is 13.7. The average molecular weight is 335 g/mol. The SMILES string of the molecule is CCCCCCCCCCNC(=O)C(O)C(O)C(O)C(O)CO. The summed E-state index contributed by atoms with van der Waals surface area (Å²) in [6, 6.07) is 0. The molecule has 6 N–H and O–H groups in total. The molecule has 0 saturated heterocycles. The number of amides is 1. The second-order valence-corrected chi connectivity index (χ2v) is 5.94. The number of nitrogens with one attached hydrogen (secondary N) is 1. The van der Waals surface area contributed by atoms with Crippen LogP contribution in [0.25, 0.3) is 0 Å². The van der Waals surface area contributed by atoms with Crippen LogP contribution in [-0.2, 0) is 4.79 Å². The Morgan fingerprint density at radius 2 is 1.39 bits per heavy atom. The van der Waals surface area contributed by atoms with Crippen LogP contribution in [0, 0.1) is 0 Å². The van der Waals surface area contributed by atoms with Crippen molar-refractivity contribution in [3.63, 3.8) is 0 Å². The van der Waals surface area contributed by atoms with Gasteiger partial charge in [-0.3, -0.25) is 4.79 Å². The van der Waals surface area contributed by atoms with E-state index in [9.17, 15) is 25.2 Å². The van der Waals surface area contributed by atoms with Crippen molar-refractivity contribution in [2.24, 2.45) is 0 Å². The van der Waals surface area contributed by atoms with Crippen molar-refractivity contribution in [1.82, 2.24) is 5.32 Å². The Bertz CT molecular complexity index is 302. The fraction of sp³-hybridized carbons (Fsp3) is 0.938. The van der Waals surface area contributed by atoms with Gasteiger partial charge < -0.3 is 30.8 Å². The van der Waals surface area contributed by atoms with E-state index in [0.717, 1.165) is 19.3 Å². The second-order valence-electron chi connectivity index (χ2n) is 5.94. The summed E-state index contributed by atoms with van der Waals surface area (Å²) in [5, 5.41) is 48.9. The van der Waals surface area contributed by atoms with E-state index in [1.165, 1.54) is 32.1 Å². The number of rotatable bonds is 14. The van der Waals surface area contributed by atoms with Crippen LogP contribution in [0.4, 0.5) is 0 Å². The number of hydrogen-bond donors (Lipinski definition) is 6. The summed E-state index contributed by atoms with van der Waals surface area (Å²) < 4.78 is 0. The van der Waals surface area contributed by atoms with Gasteiger partial charge in [-0.05, 0) is 6.42 Å². The smallest absolute Gasteiger partial charge is 0.251 e. The number of hydrogen-bond acceptors (Lipinski definition) is 6. The van der Waals surface area contributed by atoms with Crippen molar-refractivity contribution >= 4 is 5.91 Å². The zero-order chi connectivity index (χ0) is 17.7. The van der Waals surface area contributed by atoms with E-state index >= 15 is 0 Å². The molecule has 0 aliphatic carbocycles. The van der Waals surface area contributed by atoms with E-state index in [0.29, 0.717) is 6.54 Å². The summed E-state index contributed by atoms with van der Waals surface area (Å²) in [5.41, 5.74) is 0. The molecule has 0 bridgehead atoms. The summed E-state index contributed by atoms with van der Waals surface area (Å²) in [6.07, 6.45) is 1.95. The third-order valence-electron chi connectivity index (χ3n) is 3.85. The van der Waals surface area contributed by atoms with Gasteiger partial charge in [0.05, 0.1) is 6.61 Å². The van der Waals surface area contributed by atoms with Crippen LogP contribution in [0.15, 0.2) is 0 Å². The van der Waals surface area contributed by atoms with E-state index in [-0.39, 0.29) is 0 Å². The predicted octanol–water partition coefficient (Wildman–Crippen LogP) is -0.321. The Labute approximate surface area is 138 Å². The molecule has 4 atom stereocenters. The molecular weight excluding hydrogens is 302 g/mol. The van der Waals surface area contributed by atoms with Crippen LogP contribution in [-0.4, -0.2) is 69.0 Å². The number of carbonyl (C=O) groups is 1. The van der Waals surface area contributed by atoms with Crippen molar-refractivity contribution < 1.29 is 30.3 Å². The molecule has 4 unspecified atom stereocenters. The molecule has 0 rings (SSSR count). The Kier molecular flexibility index (Phi) is 13.3. The minimum Gasteiger partial charge on any atom is -0.394 e. The first kappa shape index (κ1) is 22.3. The van der Waals surface area contributed by atoms with Gasteiger partial charge in [-0.25, -0.2) is 0 Å². The molecule has 0 aliphatic heterocycles. The lowest BCUT2D eigenvalue weighted by Crippen LogP contribution is -2.51. The van der Waals surface area contributed by atoms with Crippen molar-refractivity contribution in [2.75, 3.05) is 13.2 Å². The van der Waals surface area contributed by atoms with E-state index in [2.05, 4.69) is 12.2 Å². The Balaban J connectivity index is 3.76. The molecule has 138 valence electrons. The molecule has 7 nitrogen and oxygen atoms in total. The molecule has 0 aromatic heterocycles. The van der Waals surface area contributed by atoms with Gasteiger partial charge in [-0.15, -0.1) is 0 Å². The van der Waals surface area contributed by atoms with Crippen LogP contribution in [0.1, 0.15) is 58.3 Å². The van der Waals surface area contributed by atoms with Crippen molar-refractivity contribution in [1.29, 1.82) is 0 Å². The van der Waals surface area contributed by atoms with Crippen molar-refractivity contribution in [2.45, 2.75) is 82.7 Å². The van der Waals surface area contributed by atoms with E-state index in [1.807, 2.05) is 0 Å². The molecule has 7 heteroatoms. The van der Waals surface area contributed by atoms with Crippen molar-refractivity contribution in [3.8, 4) is 0 Å². The van der Waals surface area contributed by atoms with Crippen LogP contribution in [0.5, 0.6) is 0 Å². The normalized spacial score (nSPS) is 16.6. The summed E-state index contributed by atoms with van der Waals surface area (Å²) in [4.78, 5) is 11.6. The van der Waals surface area contributed by atoms with Gasteiger partial charge in [0.15, 0.2) is 6.10 Å². The maximum atomic E-state index is 11.6. The van der Waals surface area contributed by atoms with Gasteiger partial charge in [0.25, 0.3) is 5.91 Å². The molecule has 1 amide bonds. The van der Waals surface area contributed by atoms with Gasteiger partial charge in [0.2, 0.25) is 0 Å². The third-order valence-corrected chi connectivity index (χ3v) is 3.85. The highest BCUT2D eigenvalue weighted by atomic mass is 16.4. The topological polar surface area (TPSA) is 130 Å². The van der Waals surface area contributed by atoms with Gasteiger partial charge in [-0.1, -0.05) is 51.9 Å². The van der Waals surface area contributed by atoms with Crippen LogP contribution < -0.4 is 5.32 Å². The summed E-state index contributed by atoms with van der Waals surface area (Å²) in [7, 11) is 0. The quantitative estimate of drug-likeness (QED) is 0.241. The van der Waals surface area contributed by atoms with Gasteiger partial charge in [0.1, 0.15) is 18.3 Å². The van der Waals surface area contributed by atoms with E-state index < -0.39 is 36.9 Å². The highest BCUT2D eigenvalue weighted by Crippen LogP contribution is 2.08. The fourth-order valence-electron chi connectivity index (χ4n) is 2.25. The lowest BCUT2D eigenvalue weighted by molar-refractivity contribution is -0.148. The summed E-state index contributed by atoms with van der Waals surface area (Å²) in [6.45, 7) is 1.79. The molecule has 23 heavy (non-hydrogen) atoms. The lowest BCUT2D eigenvalue weighted by atomic mass is 10.0. The third kappa shape index (κ3) is 9.88. The predicted molar refractivity (Wildman–Crippen MR) is 86.7 cm³/mol. The zero-order valence-electron chi connectivity index (χ0n) is 14.0. The lowest BCUT2D eigenvalue weighted by Gasteiger charge is -2.24. The molecule has 0 aromatic rings. The number of aliphatic hydroxyl groups excluding tert-OH is 5. The molecule has 0 aromatic carbocycles. The molecule has 0 spiro atoms. The minimum absolute atomic E-state index is 0.385. The highest BCUT2D eigenvalue weighted by molar-refractivity contribution is 5.81. The Morgan fingerprint density at radius 3 is 1.91 bits per heavy atom. The monoisotopic (exact) mass is 335 g/mol. The maximum Gasteiger partial charge on any atom is 0.251 e. The van der Waals surface area contributed by atoms with E-state index in [4.69, 9.17) is 5.11 Å². The first-order valence-corrected chi connectivity index (χ1v) is 8.56. The van der Waals surface area contributed by atoms with Gasteiger partial charge in [0, 0.05) is 6.54 Å². The fourth-order valence-corrected chi connectivity index (χ4v) is 2.25. The maximum absolute atomic E-state index is 11.6. The van der Waals surface area contributed by atoms with Crippen LogP contribution >= 0.6 is 0 Å². The molecule has 0 saturated carbocycles. The number of unbranched alkanes of at least 4 members (excludes halogenated alkanes) is 7. The minimum atomic E-state index is -1.85. The zero-order valence-corrected chi connectivity index (χ0v) is 14.0. The molecule has 0 heterocycles. The van der Waals surface area contributed by atoms with Crippen LogP contribution in [0.3, 0.4) is 0 Å². The summed E-state index contributed by atoms with van der Waals surface area (Å²) in [5.74, 6) is -0.801. The Morgan fingerprint density at radius 1 is 0.870 bits per heavy atom. The largest absolute Gasteiger partial charge is 0.394 e. The van der Waals surface area contributed by atoms with Gasteiger partial charge >= 0.3 is 0 Å². The highest BCUT2D eigenvalue weighted by Gasteiger charge is 2.33. The number of carbonyl (C=O) groups excluding carboxylic acids is 1. The van der Waals surface area contributed by atoms with Gasteiger partial charge in [-0.2, -0.15) is 0 Å². The molecule has 0 aliphatic rings. The average Bonchev–Trinajstić information content (AvgIpc) is 2.57. The molecule has 0 radical (unpaired) electrons. The molecular formula is C16H33NO6. The first-order chi connectivity index (χ1) is 11.0. The molecule has 0 fully saturated rings.